The van der Waals surface area contributed by atoms with Crippen molar-refractivity contribution < 1.29 is 14.3 Å². The van der Waals surface area contributed by atoms with Gasteiger partial charge in [0, 0.05) is 30.5 Å². The predicted octanol–water partition coefficient (Wildman–Crippen LogP) is 5.52. The van der Waals surface area contributed by atoms with Crippen molar-refractivity contribution in [3.8, 4) is 16.9 Å². The lowest BCUT2D eigenvalue weighted by atomic mass is 9.94. The number of methoxy groups -OCH3 is 1. The fourth-order valence-corrected chi connectivity index (χ4v) is 4.56. The van der Waals surface area contributed by atoms with Crippen molar-refractivity contribution in [1.82, 2.24) is 4.90 Å². The Morgan fingerprint density at radius 2 is 1.64 bits per heavy atom. The molecule has 0 bridgehead atoms. The highest BCUT2D eigenvalue weighted by Crippen LogP contribution is 2.31. The number of carbonyl (C=O) groups excluding carboxylic acids is 1. The van der Waals surface area contributed by atoms with Crippen molar-refractivity contribution >= 4 is 23.2 Å². The fraction of sp³-hybridized carbons (Fsp3) is 0.250. The summed E-state index contributed by atoms with van der Waals surface area (Å²) in [5.74, 6) is 1.73. The summed E-state index contributed by atoms with van der Waals surface area (Å²) in [6.07, 6.45) is 3.85. The molecule has 1 fully saturated rings. The zero-order valence-corrected chi connectivity index (χ0v) is 19.9. The van der Waals surface area contributed by atoms with Crippen LogP contribution >= 0.6 is 11.8 Å². The largest absolute Gasteiger partial charge is 0.496 e. The zero-order chi connectivity index (χ0) is 23.0. The van der Waals surface area contributed by atoms with Gasteiger partial charge in [-0.25, -0.2) is 0 Å². The molecule has 1 aliphatic rings. The number of morpholine rings is 1. The predicted molar refractivity (Wildman–Crippen MR) is 137 cm³/mol. The summed E-state index contributed by atoms with van der Waals surface area (Å²) >= 11 is 1.75. The third kappa shape index (κ3) is 5.67. The molecule has 1 aliphatic heterocycles. The molecule has 0 spiro atoms. The molecule has 0 aromatic heterocycles. The first kappa shape index (κ1) is 23.1. The van der Waals surface area contributed by atoms with Gasteiger partial charge in [-0.3, -0.25) is 4.79 Å². The van der Waals surface area contributed by atoms with E-state index in [4.69, 9.17) is 9.47 Å². The first-order chi connectivity index (χ1) is 16.2. The third-order valence-corrected chi connectivity index (χ3v) is 6.38. The average Bonchev–Trinajstić information content (AvgIpc) is 2.88. The van der Waals surface area contributed by atoms with Crippen molar-refractivity contribution in [2.45, 2.75) is 5.75 Å². The van der Waals surface area contributed by atoms with Gasteiger partial charge >= 0.3 is 0 Å². The topological polar surface area (TPSA) is 38.8 Å². The minimum atomic E-state index is 0.0164. The van der Waals surface area contributed by atoms with Crippen molar-refractivity contribution in [2.75, 3.05) is 39.7 Å². The summed E-state index contributed by atoms with van der Waals surface area (Å²) in [6, 6.07) is 24.9. The minimum Gasteiger partial charge on any atom is -0.496 e. The van der Waals surface area contributed by atoms with Crippen molar-refractivity contribution in [3.05, 3.63) is 95.6 Å². The monoisotopic (exact) mass is 459 g/mol. The van der Waals surface area contributed by atoms with Gasteiger partial charge < -0.3 is 14.4 Å². The van der Waals surface area contributed by atoms with Gasteiger partial charge in [-0.05, 0) is 46.2 Å². The lowest BCUT2D eigenvalue weighted by Gasteiger charge is -2.26. The number of ether oxygens (including phenoxy) is 2. The quantitative estimate of drug-likeness (QED) is 0.437. The van der Waals surface area contributed by atoms with Crippen molar-refractivity contribution in [1.29, 1.82) is 0 Å². The Kier molecular flexibility index (Phi) is 7.87. The Morgan fingerprint density at radius 1 is 0.970 bits per heavy atom. The summed E-state index contributed by atoms with van der Waals surface area (Å²) in [4.78, 5) is 15.0. The van der Waals surface area contributed by atoms with Crippen LogP contribution in [0.15, 0.2) is 78.9 Å². The molecule has 0 radical (unpaired) electrons. The fourth-order valence-electron chi connectivity index (χ4n) is 4.02. The molecular weight excluding hydrogens is 430 g/mol. The van der Waals surface area contributed by atoms with Crippen LogP contribution in [-0.2, 0) is 15.3 Å². The van der Waals surface area contributed by atoms with E-state index >= 15 is 0 Å². The van der Waals surface area contributed by atoms with E-state index < -0.39 is 0 Å². The highest BCUT2D eigenvalue weighted by molar-refractivity contribution is 7.97. The standard InChI is InChI=1S/C28H29NO3S/c1-31-27-13-12-24(18-25(27)20-33-2)26(19-28(30)29-14-16-32-17-15-29)23-10-8-22(9-11-23)21-6-4-3-5-7-21/h3-13,18-19H,14-17,20H2,1-2H3. The number of thioether (sulfide) groups is 1. The van der Waals surface area contributed by atoms with Crippen LogP contribution in [0, 0.1) is 0 Å². The molecule has 1 amide bonds. The van der Waals surface area contributed by atoms with E-state index in [2.05, 4.69) is 48.7 Å². The summed E-state index contributed by atoms with van der Waals surface area (Å²) in [5.41, 5.74) is 6.37. The summed E-state index contributed by atoms with van der Waals surface area (Å²) in [7, 11) is 1.69. The molecule has 170 valence electrons. The first-order valence-corrected chi connectivity index (χ1v) is 12.5. The molecule has 3 aromatic rings. The molecule has 0 atom stereocenters. The van der Waals surface area contributed by atoms with E-state index in [0.717, 1.165) is 39.3 Å². The van der Waals surface area contributed by atoms with Gasteiger partial charge in [0.05, 0.1) is 20.3 Å². The van der Waals surface area contributed by atoms with Gasteiger partial charge in [0.15, 0.2) is 0 Å². The van der Waals surface area contributed by atoms with Crippen LogP contribution in [0.2, 0.25) is 0 Å². The van der Waals surface area contributed by atoms with Crippen LogP contribution in [0.1, 0.15) is 16.7 Å². The normalized spacial score (nSPS) is 14.2. The molecule has 4 nitrogen and oxygen atoms in total. The molecular formula is C28H29NO3S. The average molecular weight is 460 g/mol. The number of rotatable bonds is 7. The van der Waals surface area contributed by atoms with Crippen molar-refractivity contribution in [2.24, 2.45) is 0 Å². The van der Waals surface area contributed by atoms with Crippen LogP contribution in [-0.4, -0.2) is 50.5 Å². The van der Waals surface area contributed by atoms with Gasteiger partial charge in [-0.1, -0.05) is 60.7 Å². The first-order valence-electron chi connectivity index (χ1n) is 11.1. The van der Waals surface area contributed by atoms with E-state index in [9.17, 15) is 4.79 Å². The maximum absolute atomic E-state index is 13.1. The molecule has 1 saturated heterocycles. The van der Waals surface area contributed by atoms with E-state index in [0.29, 0.717) is 26.3 Å². The number of benzene rings is 3. The summed E-state index contributed by atoms with van der Waals surface area (Å²) in [5, 5.41) is 0. The minimum absolute atomic E-state index is 0.0164. The number of carbonyl (C=O) groups is 1. The molecule has 0 N–H and O–H groups in total. The Hall–Kier alpha value is -3.02. The highest BCUT2D eigenvalue weighted by atomic mass is 32.2. The van der Waals surface area contributed by atoms with Crippen LogP contribution in [0.25, 0.3) is 16.7 Å². The maximum atomic E-state index is 13.1. The highest BCUT2D eigenvalue weighted by Gasteiger charge is 2.18. The van der Waals surface area contributed by atoms with Crippen LogP contribution in [0.3, 0.4) is 0 Å². The van der Waals surface area contributed by atoms with E-state index in [1.807, 2.05) is 35.2 Å². The number of hydrogen-bond acceptors (Lipinski definition) is 4. The second-order valence-electron chi connectivity index (χ2n) is 7.90. The van der Waals surface area contributed by atoms with Gasteiger partial charge in [0.25, 0.3) is 0 Å². The number of nitrogens with zero attached hydrogens (tertiary/aromatic N) is 1. The van der Waals surface area contributed by atoms with Gasteiger partial charge in [-0.2, -0.15) is 11.8 Å². The second-order valence-corrected chi connectivity index (χ2v) is 8.76. The lowest BCUT2D eigenvalue weighted by Crippen LogP contribution is -2.39. The van der Waals surface area contributed by atoms with E-state index in [1.165, 1.54) is 5.56 Å². The molecule has 4 rings (SSSR count). The van der Waals surface area contributed by atoms with Crippen LogP contribution < -0.4 is 4.74 Å². The Bertz CT molecular complexity index is 1100. The van der Waals surface area contributed by atoms with Gasteiger partial charge in [-0.15, -0.1) is 0 Å². The van der Waals surface area contributed by atoms with Crippen LogP contribution in [0.5, 0.6) is 5.75 Å². The molecule has 33 heavy (non-hydrogen) atoms. The van der Waals surface area contributed by atoms with E-state index in [1.54, 1.807) is 24.9 Å². The molecule has 0 saturated carbocycles. The van der Waals surface area contributed by atoms with E-state index in [-0.39, 0.29) is 5.91 Å². The molecule has 1 heterocycles. The smallest absolute Gasteiger partial charge is 0.247 e. The Balaban J connectivity index is 1.74. The number of amides is 1. The molecule has 0 unspecified atom stereocenters. The van der Waals surface area contributed by atoms with Crippen molar-refractivity contribution in [3.63, 3.8) is 0 Å². The molecule has 5 heteroatoms. The SMILES string of the molecule is COc1ccc(C(=CC(=O)N2CCOCC2)c2ccc(-c3ccccc3)cc2)cc1CSC. The Labute approximate surface area is 200 Å². The third-order valence-electron chi connectivity index (χ3n) is 5.78. The summed E-state index contributed by atoms with van der Waals surface area (Å²) in [6.45, 7) is 2.41. The number of hydrogen-bond donors (Lipinski definition) is 0. The molecule has 0 aliphatic carbocycles. The van der Waals surface area contributed by atoms with Gasteiger partial charge in [0.1, 0.15) is 5.75 Å². The van der Waals surface area contributed by atoms with Gasteiger partial charge in [0.2, 0.25) is 5.91 Å². The Morgan fingerprint density at radius 3 is 2.30 bits per heavy atom. The summed E-state index contributed by atoms with van der Waals surface area (Å²) < 4.78 is 11.0. The zero-order valence-electron chi connectivity index (χ0n) is 19.1. The molecule has 3 aromatic carbocycles. The lowest BCUT2D eigenvalue weighted by molar-refractivity contribution is -0.129. The second kappa shape index (κ2) is 11.2. The van der Waals surface area contributed by atoms with Crippen LogP contribution in [0.4, 0.5) is 0 Å². The maximum Gasteiger partial charge on any atom is 0.247 e.